The summed E-state index contributed by atoms with van der Waals surface area (Å²) in [4.78, 5) is 0. The van der Waals surface area contributed by atoms with Crippen LogP contribution in [0.15, 0.2) is 83.7 Å². The minimum Gasteiger partial charge on any atom is -0.405 e. The van der Waals surface area contributed by atoms with E-state index < -0.39 is 0 Å². The second-order valence-corrected chi connectivity index (χ2v) is 4.70. The van der Waals surface area contributed by atoms with E-state index in [2.05, 4.69) is 32.2 Å². The van der Waals surface area contributed by atoms with E-state index in [-0.39, 0.29) is 0 Å². The van der Waals surface area contributed by atoms with Gasteiger partial charge >= 0.3 is 0 Å². The molecule has 0 aliphatic carbocycles. The van der Waals surface area contributed by atoms with Gasteiger partial charge in [0, 0.05) is 0 Å². The van der Waals surface area contributed by atoms with E-state index >= 15 is 0 Å². The quantitative estimate of drug-likeness (QED) is 0.617. The Balaban J connectivity index is 5.77. The first-order valence-electron chi connectivity index (χ1n) is 6.92. The Morgan fingerprint density at radius 3 is 2.10 bits per heavy atom. The van der Waals surface area contributed by atoms with Crippen molar-refractivity contribution in [3.05, 3.63) is 83.7 Å². The molecule has 0 unspecified atom stereocenters. The number of rotatable bonds is 7. The molecule has 0 bridgehead atoms. The van der Waals surface area contributed by atoms with Gasteiger partial charge in [0.25, 0.3) is 0 Å². The molecule has 20 heavy (non-hydrogen) atoms. The molecule has 0 saturated heterocycles. The summed E-state index contributed by atoms with van der Waals surface area (Å²) < 4.78 is 0. The molecule has 0 saturated carbocycles. The second-order valence-electron chi connectivity index (χ2n) is 4.70. The topological polar surface area (TPSA) is 26.0 Å². The van der Waals surface area contributed by atoms with Crippen molar-refractivity contribution in [3.63, 3.8) is 0 Å². The summed E-state index contributed by atoms with van der Waals surface area (Å²) in [6, 6.07) is 0. The Hall–Kier alpha value is -2.02. The summed E-state index contributed by atoms with van der Waals surface area (Å²) in [5.74, 6) is 0. The van der Waals surface area contributed by atoms with Gasteiger partial charge in [0.15, 0.2) is 0 Å². The Morgan fingerprint density at radius 1 is 1.05 bits per heavy atom. The Kier molecular flexibility index (Phi) is 8.86. The molecule has 0 aliphatic rings. The molecular formula is C19H27N. The minimum absolute atomic E-state index is 0.928. The molecule has 0 aliphatic heterocycles. The summed E-state index contributed by atoms with van der Waals surface area (Å²) in [5.41, 5.74) is 11.0. The molecule has 0 atom stereocenters. The highest BCUT2D eigenvalue weighted by Crippen LogP contribution is 2.24. The van der Waals surface area contributed by atoms with E-state index in [4.69, 9.17) is 5.73 Å². The highest BCUT2D eigenvalue weighted by Gasteiger charge is 2.05. The van der Waals surface area contributed by atoms with Crippen molar-refractivity contribution in [1.29, 1.82) is 0 Å². The molecule has 0 spiro atoms. The van der Waals surface area contributed by atoms with Crippen LogP contribution in [0.4, 0.5) is 0 Å². The SMILES string of the molecule is C=C(C)C(=C\C=C/C)/C=C(CC)\C(=C/C=C/N)C(=C)C. The zero-order chi connectivity index (χ0) is 15.5. The van der Waals surface area contributed by atoms with Gasteiger partial charge in [0.1, 0.15) is 0 Å². The van der Waals surface area contributed by atoms with Crippen LogP contribution < -0.4 is 5.73 Å². The van der Waals surface area contributed by atoms with Gasteiger partial charge < -0.3 is 5.73 Å². The van der Waals surface area contributed by atoms with Crippen molar-refractivity contribution >= 4 is 0 Å². The maximum Gasteiger partial charge on any atom is -0.00622 e. The fourth-order valence-electron chi connectivity index (χ4n) is 1.75. The van der Waals surface area contributed by atoms with E-state index in [1.807, 2.05) is 45.1 Å². The van der Waals surface area contributed by atoms with Gasteiger partial charge in [-0.3, -0.25) is 0 Å². The maximum atomic E-state index is 5.42. The molecule has 0 amide bonds. The molecular weight excluding hydrogens is 242 g/mol. The summed E-state index contributed by atoms with van der Waals surface area (Å²) in [6.07, 6.45) is 14.6. The van der Waals surface area contributed by atoms with Crippen LogP contribution >= 0.6 is 0 Å². The maximum absolute atomic E-state index is 5.42. The van der Waals surface area contributed by atoms with Crippen LogP contribution in [0, 0.1) is 0 Å². The van der Waals surface area contributed by atoms with Gasteiger partial charge in [-0.1, -0.05) is 61.6 Å². The lowest BCUT2D eigenvalue weighted by Crippen LogP contribution is -1.93. The van der Waals surface area contributed by atoms with Gasteiger partial charge in [-0.25, -0.2) is 0 Å². The molecule has 2 N–H and O–H groups in total. The average molecular weight is 269 g/mol. The summed E-state index contributed by atoms with van der Waals surface area (Å²) in [6.45, 7) is 16.3. The predicted octanol–water partition coefficient (Wildman–Crippen LogP) is 5.38. The molecule has 0 heterocycles. The molecule has 0 aromatic carbocycles. The third kappa shape index (κ3) is 6.24. The van der Waals surface area contributed by atoms with Crippen molar-refractivity contribution in [2.75, 3.05) is 0 Å². The molecule has 108 valence electrons. The van der Waals surface area contributed by atoms with E-state index in [1.54, 1.807) is 0 Å². The van der Waals surface area contributed by atoms with Crippen molar-refractivity contribution in [3.8, 4) is 0 Å². The second kappa shape index (κ2) is 9.85. The van der Waals surface area contributed by atoms with Crippen LogP contribution in [0.2, 0.25) is 0 Å². The third-order valence-electron chi connectivity index (χ3n) is 2.85. The van der Waals surface area contributed by atoms with Crippen LogP contribution in [-0.4, -0.2) is 0 Å². The highest BCUT2D eigenvalue weighted by molar-refractivity contribution is 5.52. The zero-order valence-electron chi connectivity index (χ0n) is 13.2. The number of nitrogens with two attached hydrogens (primary N) is 1. The van der Waals surface area contributed by atoms with Crippen LogP contribution in [-0.2, 0) is 0 Å². The molecule has 0 aromatic heterocycles. The van der Waals surface area contributed by atoms with E-state index in [0.717, 1.165) is 28.7 Å². The number of hydrogen-bond acceptors (Lipinski definition) is 1. The number of hydrogen-bond donors (Lipinski definition) is 1. The monoisotopic (exact) mass is 269 g/mol. The van der Waals surface area contributed by atoms with Gasteiger partial charge in [-0.15, -0.1) is 0 Å². The van der Waals surface area contributed by atoms with Crippen molar-refractivity contribution in [2.24, 2.45) is 5.73 Å². The lowest BCUT2D eigenvalue weighted by atomic mass is 9.94. The average Bonchev–Trinajstić information content (AvgIpc) is 2.40. The minimum atomic E-state index is 0.928. The third-order valence-corrected chi connectivity index (χ3v) is 2.85. The molecule has 1 nitrogen and oxygen atoms in total. The van der Waals surface area contributed by atoms with E-state index in [0.29, 0.717) is 0 Å². The lowest BCUT2D eigenvalue weighted by Gasteiger charge is -2.12. The Bertz CT molecular complexity index is 494. The smallest absolute Gasteiger partial charge is 0.00622 e. The molecule has 0 radical (unpaired) electrons. The van der Waals surface area contributed by atoms with Crippen LogP contribution in [0.1, 0.15) is 34.1 Å². The summed E-state index contributed by atoms with van der Waals surface area (Å²) in [5, 5.41) is 0. The lowest BCUT2D eigenvalue weighted by molar-refractivity contribution is 1.10. The van der Waals surface area contributed by atoms with Crippen LogP contribution in [0.25, 0.3) is 0 Å². The normalized spacial score (nSPS) is 14.3. The van der Waals surface area contributed by atoms with Gasteiger partial charge in [-0.2, -0.15) is 0 Å². The van der Waals surface area contributed by atoms with Crippen LogP contribution in [0.5, 0.6) is 0 Å². The zero-order valence-corrected chi connectivity index (χ0v) is 13.2. The fourth-order valence-corrected chi connectivity index (χ4v) is 1.75. The fraction of sp³-hybridized carbons (Fsp3) is 0.263. The van der Waals surface area contributed by atoms with Crippen LogP contribution in [0.3, 0.4) is 0 Å². The summed E-state index contributed by atoms with van der Waals surface area (Å²) >= 11 is 0. The van der Waals surface area contributed by atoms with Crippen molar-refractivity contribution in [2.45, 2.75) is 34.1 Å². The van der Waals surface area contributed by atoms with Gasteiger partial charge in [0.05, 0.1) is 0 Å². The highest BCUT2D eigenvalue weighted by atomic mass is 14.5. The van der Waals surface area contributed by atoms with Gasteiger partial charge in [0.2, 0.25) is 0 Å². The first-order valence-corrected chi connectivity index (χ1v) is 6.92. The van der Waals surface area contributed by atoms with Crippen molar-refractivity contribution in [1.82, 2.24) is 0 Å². The molecule has 0 rings (SSSR count). The molecule has 0 aromatic rings. The van der Waals surface area contributed by atoms with E-state index in [1.165, 1.54) is 11.8 Å². The molecule has 1 heteroatoms. The molecule has 0 fully saturated rings. The Labute approximate surface area is 124 Å². The van der Waals surface area contributed by atoms with E-state index in [9.17, 15) is 0 Å². The van der Waals surface area contributed by atoms with Gasteiger partial charge in [-0.05, 0) is 56.2 Å². The van der Waals surface area contributed by atoms with Crippen molar-refractivity contribution < 1.29 is 0 Å². The predicted molar refractivity (Wildman–Crippen MR) is 92.3 cm³/mol. The Morgan fingerprint density at radius 2 is 1.70 bits per heavy atom. The largest absolute Gasteiger partial charge is 0.405 e. The first-order chi connectivity index (χ1) is 9.47. The first kappa shape index (κ1) is 18.0. The summed E-state index contributed by atoms with van der Waals surface area (Å²) in [7, 11) is 0. The number of allylic oxidation sites excluding steroid dienone is 11. The standard InChI is InChI=1S/C19H27N/c1-7-9-11-18(15(3)4)14-17(8-2)19(16(5)6)12-10-13-20/h7,9-14H,3,5,8,20H2,1-2,4,6H3/b9-7-,13-10+,17-14-,18-11-,19-12-.